The molecule has 1 heteroatoms. The second kappa shape index (κ2) is 1.83. The summed E-state index contributed by atoms with van der Waals surface area (Å²) in [6.45, 7) is 0. The summed E-state index contributed by atoms with van der Waals surface area (Å²) in [4.78, 5) is 0. The monoisotopic (exact) mass is 210 g/mol. The Labute approximate surface area is 94.8 Å². The average molecular weight is 210 g/mol. The third kappa shape index (κ3) is 0.489. The molecule has 0 spiro atoms. The highest BCUT2D eigenvalue weighted by Crippen LogP contribution is 2.94. The van der Waals surface area contributed by atoms with Crippen LogP contribution in [0.3, 0.4) is 0 Å². The summed E-state index contributed by atoms with van der Waals surface area (Å²) in [6, 6.07) is 6.88. The van der Waals surface area contributed by atoms with Crippen LogP contribution in [0.25, 0.3) is 0 Å². The first-order valence-corrected chi connectivity index (χ1v) is 6.59. The van der Waals surface area contributed by atoms with Crippen LogP contribution < -0.4 is 4.74 Å². The van der Waals surface area contributed by atoms with Gasteiger partial charge in [0.2, 0.25) is 0 Å². The first kappa shape index (κ1) is 7.37. The molecule has 6 aliphatic rings. The zero-order valence-electron chi connectivity index (χ0n) is 9.26. The lowest BCUT2D eigenvalue weighted by molar-refractivity contribution is 0.317. The van der Waals surface area contributed by atoms with Gasteiger partial charge in [-0.3, -0.25) is 0 Å². The Morgan fingerprint density at radius 1 is 0.812 bits per heavy atom. The molecule has 0 amide bonds. The molecule has 0 heterocycles. The van der Waals surface area contributed by atoms with E-state index in [0.29, 0.717) is 0 Å². The summed E-state index contributed by atoms with van der Waals surface area (Å²) in [5, 5.41) is 0. The van der Waals surface area contributed by atoms with Gasteiger partial charge in [0.05, 0.1) is 7.11 Å². The van der Waals surface area contributed by atoms with Crippen molar-refractivity contribution >= 4 is 0 Å². The molecule has 16 heavy (non-hydrogen) atoms. The van der Waals surface area contributed by atoms with Gasteiger partial charge in [0.1, 0.15) is 5.75 Å². The summed E-state index contributed by atoms with van der Waals surface area (Å²) in [7, 11) is 1.79. The number of hydrogen-bond acceptors (Lipinski definition) is 1. The molecule has 6 aliphatic carbocycles. The topological polar surface area (TPSA) is 9.23 Å². The zero-order valence-corrected chi connectivity index (χ0v) is 9.26. The van der Waals surface area contributed by atoms with E-state index in [0.717, 1.165) is 53.1 Å². The van der Waals surface area contributed by atoms with Gasteiger partial charge >= 0.3 is 0 Å². The van der Waals surface area contributed by atoms with Crippen molar-refractivity contribution in [1.29, 1.82) is 0 Å². The number of benzene rings is 1. The highest BCUT2D eigenvalue weighted by molar-refractivity contribution is 5.56. The minimum atomic E-state index is 0.945. The van der Waals surface area contributed by atoms with Crippen molar-refractivity contribution in [2.24, 2.45) is 35.5 Å². The molecule has 4 fully saturated rings. The quantitative estimate of drug-likeness (QED) is 0.692. The van der Waals surface area contributed by atoms with Crippen LogP contribution >= 0.6 is 0 Å². The van der Waals surface area contributed by atoms with E-state index < -0.39 is 0 Å². The Morgan fingerprint density at radius 3 is 2.06 bits per heavy atom. The SMILES string of the molecule is COc1ccc2c(c1)C1[C@@H]3[C@H]4C2[C@@H]2[C@H]1[C@H]2[C@H]43. The fourth-order valence-electron chi connectivity index (χ4n) is 6.33. The second-order valence-electron chi connectivity index (χ2n) is 6.51. The van der Waals surface area contributed by atoms with E-state index in [4.69, 9.17) is 4.74 Å². The smallest absolute Gasteiger partial charge is 0.119 e. The van der Waals surface area contributed by atoms with Gasteiger partial charge in [0.15, 0.2) is 0 Å². The third-order valence-corrected chi connectivity index (χ3v) is 6.50. The molecular formula is C15H14O. The van der Waals surface area contributed by atoms with Crippen LogP contribution in [0.2, 0.25) is 0 Å². The van der Waals surface area contributed by atoms with Gasteiger partial charge < -0.3 is 4.74 Å². The average Bonchev–Trinajstić information content (AvgIpc) is 3.17. The molecule has 0 aliphatic heterocycles. The number of hydrogen-bond donors (Lipinski definition) is 0. The summed E-state index contributed by atoms with van der Waals surface area (Å²) >= 11 is 0. The van der Waals surface area contributed by atoms with E-state index >= 15 is 0 Å². The maximum atomic E-state index is 5.39. The lowest BCUT2D eigenvalue weighted by atomic mass is 9.67. The van der Waals surface area contributed by atoms with Crippen molar-refractivity contribution in [2.45, 2.75) is 11.8 Å². The number of ether oxygens (including phenoxy) is 1. The van der Waals surface area contributed by atoms with Crippen LogP contribution in [-0.2, 0) is 0 Å². The van der Waals surface area contributed by atoms with Gasteiger partial charge in [0, 0.05) is 0 Å². The standard InChI is InChI=1S/C15H14O/c1-16-5-2-3-6-7(4-5)9-12-10-8(6)11-13(9)15(11)14(10)12/h2-4,8-15H,1H3/t8?,9?,10-,11-,12-,13+,14-,15+/m1/s1. The van der Waals surface area contributed by atoms with Crippen molar-refractivity contribution in [1.82, 2.24) is 0 Å². The normalized spacial score (nSPS) is 59.6. The Hall–Kier alpha value is -0.980. The molecule has 1 aromatic carbocycles. The van der Waals surface area contributed by atoms with Crippen LogP contribution in [-0.4, -0.2) is 7.11 Å². The van der Waals surface area contributed by atoms with Gasteiger partial charge in [0.25, 0.3) is 0 Å². The summed E-state index contributed by atoms with van der Waals surface area (Å²) in [5.74, 6) is 9.73. The third-order valence-electron chi connectivity index (χ3n) is 6.50. The maximum absolute atomic E-state index is 5.39. The van der Waals surface area contributed by atoms with Crippen LogP contribution in [0.4, 0.5) is 0 Å². The van der Waals surface area contributed by atoms with Crippen LogP contribution in [0, 0.1) is 35.5 Å². The Bertz CT molecular complexity index is 526. The highest BCUT2D eigenvalue weighted by atomic mass is 16.5. The molecule has 0 N–H and O–H groups in total. The first-order chi connectivity index (χ1) is 7.92. The lowest BCUT2D eigenvalue weighted by Crippen LogP contribution is -2.26. The molecule has 0 saturated heterocycles. The van der Waals surface area contributed by atoms with Crippen molar-refractivity contribution in [3.05, 3.63) is 29.3 Å². The lowest BCUT2D eigenvalue weighted by Gasteiger charge is -2.37. The second-order valence-corrected chi connectivity index (χ2v) is 6.51. The molecule has 4 saturated carbocycles. The Balaban J connectivity index is 1.67. The van der Waals surface area contributed by atoms with E-state index in [-0.39, 0.29) is 0 Å². The van der Waals surface area contributed by atoms with E-state index in [2.05, 4.69) is 18.2 Å². The van der Waals surface area contributed by atoms with Gasteiger partial charge in [-0.25, -0.2) is 0 Å². The number of methoxy groups -OCH3 is 1. The molecule has 8 atom stereocenters. The fraction of sp³-hybridized carbons (Fsp3) is 0.600. The molecule has 7 rings (SSSR count). The zero-order chi connectivity index (χ0) is 10.2. The van der Waals surface area contributed by atoms with Gasteiger partial charge in [-0.1, -0.05) is 6.07 Å². The molecule has 2 bridgehead atoms. The van der Waals surface area contributed by atoms with Crippen LogP contribution in [0.15, 0.2) is 18.2 Å². The van der Waals surface area contributed by atoms with Crippen molar-refractivity contribution < 1.29 is 4.74 Å². The largest absolute Gasteiger partial charge is 0.497 e. The van der Waals surface area contributed by atoms with E-state index in [1.165, 1.54) is 0 Å². The molecule has 1 nitrogen and oxygen atoms in total. The predicted octanol–water partition coefficient (Wildman–Crippen LogP) is 2.63. The van der Waals surface area contributed by atoms with Crippen molar-refractivity contribution in [3.63, 3.8) is 0 Å². The maximum Gasteiger partial charge on any atom is 0.119 e. The fourth-order valence-corrected chi connectivity index (χ4v) is 6.33. The minimum Gasteiger partial charge on any atom is -0.497 e. The predicted molar refractivity (Wildman–Crippen MR) is 59.4 cm³/mol. The summed E-state index contributed by atoms with van der Waals surface area (Å²) in [5.41, 5.74) is 3.38. The molecular weight excluding hydrogens is 196 g/mol. The molecule has 1 aromatic rings. The van der Waals surface area contributed by atoms with Gasteiger partial charge in [-0.15, -0.1) is 0 Å². The molecule has 2 unspecified atom stereocenters. The number of rotatable bonds is 1. The van der Waals surface area contributed by atoms with Gasteiger partial charge in [-0.2, -0.15) is 0 Å². The van der Waals surface area contributed by atoms with Gasteiger partial charge in [-0.05, 0) is 70.6 Å². The summed E-state index contributed by atoms with van der Waals surface area (Å²) < 4.78 is 5.39. The molecule has 0 aromatic heterocycles. The van der Waals surface area contributed by atoms with Crippen LogP contribution in [0.5, 0.6) is 5.75 Å². The van der Waals surface area contributed by atoms with E-state index in [1.54, 1.807) is 18.2 Å². The van der Waals surface area contributed by atoms with Crippen molar-refractivity contribution in [3.8, 4) is 5.75 Å². The highest BCUT2D eigenvalue weighted by Gasteiger charge is 2.88. The molecule has 0 radical (unpaired) electrons. The van der Waals surface area contributed by atoms with Crippen molar-refractivity contribution in [2.75, 3.05) is 7.11 Å². The Morgan fingerprint density at radius 2 is 1.44 bits per heavy atom. The minimum absolute atomic E-state index is 0.945. The van der Waals surface area contributed by atoms with E-state index in [1.807, 2.05) is 0 Å². The molecule has 80 valence electrons. The van der Waals surface area contributed by atoms with Crippen LogP contribution in [0.1, 0.15) is 23.0 Å². The first-order valence-electron chi connectivity index (χ1n) is 6.59. The summed E-state index contributed by atoms with van der Waals surface area (Å²) in [6.07, 6.45) is 0. The Kier molecular flexibility index (Phi) is 0.843. The van der Waals surface area contributed by atoms with E-state index in [9.17, 15) is 0 Å².